The molecule has 2 aliphatic rings. The van der Waals surface area contributed by atoms with E-state index in [1.165, 1.54) is 4.90 Å². The summed E-state index contributed by atoms with van der Waals surface area (Å²) in [6.45, 7) is 0.178. The molecule has 0 radical (unpaired) electrons. The number of aliphatic carboxylic acids is 1. The minimum atomic E-state index is -1.51. The molecule has 0 spiro atoms. The number of likely N-dealkylation sites (tertiary alicyclic amines) is 1. The third-order valence-corrected chi connectivity index (χ3v) is 5.21. The molecule has 2 N–H and O–H groups in total. The van der Waals surface area contributed by atoms with Crippen molar-refractivity contribution in [1.82, 2.24) is 4.90 Å². The fraction of sp³-hybridized carbons (Fsp3) is 0.529. The number of benzene rings is 1. The Labute approximate surface area is 134 Å². The van der Waals surface area contributed by atoms with Crippen LogP contribution < -0.4 is 4.74 Å². The summed E-state index contributed by atoms with van der Waals surface area (Å²) in [6.07, 6.45) is 1.97. The zero-order chi connectivity index (χ0) is 16.7. The molecule has 0 bridgehead atoms. The van der Waals surface area contributed by atoms with Gasteiger partial charge in [-0.1, -0.05) is 25.0 Å². The Balaban J connectivity index is 1.95. The second-order valence-electron chi connectivity index (χ2n) is 6.41. The summed E-state index contributed by atoms with van der Waals surface area (Å²) in [5, 5.41) is 20.7. The highest BCUT2D eigenvalue weighted by molar-refractivity contribution is 5.94. The van der Waals surface area contributed by atoms with Crippen LogP contribution in [0.15, 0.2) is 24.3 Å². The van der Waals surface area contributed by atoms with Crippen molar-refractivity contribution in [3.8, 4) is 5.75 Å². The number of carbonyl (C=O) groups excluding carboxylic acids is 1. The van der Waals surface area contributed by atoms with Crippen molar-refractivity contribution in [3.05, 3.63) is 29.8 Å². The van der Waals surface area contributed by atoms with Crippen LogP contribution in [0.4, 0.5) is 0 Å². The van der Waals surface area contributed by atoms with Crippen molar-refractivity contribution >= 4 is 11.9 Å². The number of aliphatic hydroxyl groups is 1. The first kappa shape index (κ1) is 15.8. The van der Waals surface area contributed by atoms with Gasteiger partial charge in [-0.3, -0.25) is 4.79 Å². The predicted octanol–water partition coefficient (Wildman–Crippen LogP) is 1.56. The highest BCUT2D eigenvalue weighted by Crippen LogP contribution is 2.49. The average Bonchev–Trinajstić information content (AvgIpc) is 2.76. The highest BCUT2D eigenvalue weighted by atomic mass is 16.5. The normalized spacial score (nSPS) is 30.2. The van der Waals surface area contributed by atoms with E-state index in [4.69, 9.17) is 4.74 Å². The van der Waals surface area contributed by atoms with Crippen LogP contribution in [0.1, 0.15) is 37.7 Å². The number of hydrogen-bond acceptors (Lipinski definition) is 4. The Morgan fingerprint density at radius 1 is 1.26 bits per heavy atom. The van der Waals surface area contributed by atoms with Crippen LogP contribution in [0.2, 0.25) is 0 Å². The topological polar surface area (TPSA) is 87.1 Å². The summed E-state index contributed by atoms with van der Waals surface area (Å²) in [5.74, 6) is -0.713. The molecule has 1 amide bonds. The number of carbonyl (C=O) groups is 2. The molecule has 1 heterocycles. The van der Waals surface area contributed by atoms with Crippen molar-refractivity contribution in [2.45, 2.75) is 49.8 Å². The van der Waals surface area contributed by atoms with Crippen LogP contribution in [-0.2, 0) is 16.1 Å². The molecule has 0 unspecified atom stereocenters. The van der Waals surface area contributed by atoms with E-state index in [1.54, 1.807) is 19.2 Å². The van der Waals surface area contributed by atoms with E-state index in [9.17, 15) is 19.8 Å². The van der Waals surface area contributed by atoms with Crippen molar-refractivity contribution < 1.29 is 24.5 Å². The first-order chi connectivity index (χ1) is 10.9. The summed E-state index contributed by atoms with van der Waals surface area (Å²) in [7, 11) is 1.57. The fourth-order valence-corrected chi connectivity index (χ4v) is 3.98. The number of hydrogen-bond donors (Lipinski definition) is 2. The van der Waals surface area contributed by atoms with Crippen LogP contribution in [0.3, 0.4) is 0 Å². The fourth-order valence-electron chi connectivity index (χ4n) is 3.98. The Morgan fingerprint density at radius 2 is 1.91 bits per heavy atom. The average molecular weight is 319 g/mol. The van der Waals surface area contributed by atoms with Gasteiger partial charge >= 0.3 is 5.97 Å². The molecule has 1 aliphatic heterocycles. The SMILES string of the molecule is COc1ccc(CN2C(=O)C[C@@]3(O)CCCC[C@@]23C(=O)O)cc1. The third-order valence-electron chi connectivity index (χ3n) is 5.21. The van der Waals surface area contributed by atoms with Gasteiger partial charge in [-0.25, -0.2) is 4.79 Å². The lowest BCUT2D eigenvalue weighted by Crippen LogP contribution is -2.64. The van der Waals surface area contributed by atoms with Gasteiger partial charge in [0.25, 0.3) is 0 Å². The van der Waals surface area contributed by atoms with Gasteiger partial charge in [0.05, 0.1) is 13.5 Å². The third kappa shape index (κ3) is 2.28. The molecule has 1 aromatic rings. The lowest BCUT2D eigenvalue weighted by Gasteiger charge is -2.46. The molecule has 3 rings (SSSR count). The molecule has 1 aromatic carbocycles. The zero-order valence-electron chi connectivity index (χ0n) is 13.1. The smallest absolute Gasteiger partial charge is 0.332 e. The molecule has 1 saturated heterocycles. The number of carboxylic acids is 1. The Morgan fingerprint density at radius 3 is 2.52 bits per heavy atom. The molecule has 23 heavy (non-hydrogen) atoms. The standard InChI is InChI=1S/C17H21NO5/c1-23-13-6-4-12(5-7-13)11-18-14(19)10-16(22)8-2-3-9-17(16,18)15(20)21/h4-7,22H,2-3,8-11H2,1H3,(H,20,21)/t16-,17-/m0/s1. The molecule has 2 fully saturated rings. The van der Waals surface area contributed by atoms with Crippen molar-refractivity contribution in [2.24, 2.45) is 0 Å². The first-order valence-corrected chi connectivity index (χ1v) is 7.82. The van der Waals surface area contributed by atoms with Crippen molar-refractivity contribution in [1.29, 1.82) is 0 Å². The number of carboxylic acid groups (broad SMARTS) is 1. The van der Waals surface area contributed by atoms with E-state index in [-0.39, 0.29) is 18.9 Å². The molecule has 124 valence electrons. The molecule has 6 nitrogen and oxygen atoms in total. The number of nitrogens with zero attached hydrogens (tertiary/aromatic N) is 1. The lowest BCUT2D eigenvalue weighted by atomic mass is 9.69. The number of ether oxygens (including phenoxy) is 1. The Kier molecular flexibility index (Phi) is 3.80. The van der Waals surface area contributed by atoms with E-state index >= 15 is 0 Å². The second kappa shape index (κ2) is 5.53. The first-order valence-electron chi connectivity index (χ1n) is 7.82. The lowest BCUT2D eigenvalue weighted by molar-refractivity contribution is -0.173. The van der Waals surface area contributed by atoms with Crippen molar-refractivity contribution in [3.63, 3.8) is 0 Å². The van der Waals surface area contributed by atoms with Gasteiger partial charge in [0.1, 0.15) is 11.4 Å². The molecule has 1 saturated carbocycles. The number of rotatable bonds is 4. The van der Waals surface area contributed by atoms with E-state index in [2.05, 4.69) is 0 Å². The summed E-state index contributed by atoms with van der Waals surface area (Å²) in [6, 6.07) is 7.16. The number of methoxy groups -OCH3 is 1. The Hall–Kier alpha value is -2.08. The molecule has 1 aliphatic carbocycles. The van der Waals surface area contributed by atoms with E-state index < -0.39 is 17.1 Å². The predicted molar refractivity (Wildman–Crippen MR) is 81.9 cm³/mol. The van der Waals surface area contributed by atoms with Gasteiger partial charge in [0.2, 0.25) is 5.91 Å². The van der Waals surface area contributed by atoms with Gasteiger partial charge in [-0.05, 0) is 30.5 Å². The van der Waals surface area contributed by atoms with Crippen LogP contribution in [-0.4, -0.2) is 45.2 Å². The summed E-state index contributed by atoms with van der Waals surface area (Å²) >= 11 is 0. The van der Waals surface area contributed by atoms with Gasteiger partial charge in [0, 0.05) is 6.54 Å². The summed E-state index contributed by atoms with van der Waals surface area (Å²) in [5.41, 5.74) is -2.17. The molecule has 6 heteroatoms. The maximum absolute atomic E-state index is 12.5. The van der Waals surface area contributed by atoms with Crippen LogP contribution in [0, 0.1) is 0 Å². The molecular formula is C17H21NO5. The van der Waals surface area contributed by atoms with Crippen LogP contribution >= 0.6 is 0 Å². The van der Waals surface area contributed by atoms with Gasteiger partial charge in [0.15, 0.2) is 5.54 Å². The van der Waals surface area contributed by atoms with Gasteiger partial charge < -0.3 is 19.8 Å². The van der Waals surface area contributed by atoms with Gasteiger partial charge in [-0.2, -0.15) is 0 Å². The zero-order valence-corrected chi connectivity index (χ0v) is 13.1. The monoisotopic (exact) mass is 319 g/mol. The van der Waals surface area contributed by atoms with E-state index in [0.717, 1.165) is 12.0 Å². The maximum atomic E-state index is 12.5. The molecular weight excluding hydrogens is 298 g/mol. The van der Waals surface area contributed by atoms with Crippen LogP contribution in [0.5, 0.6) is 5.75 Å². The quantitative estimate of drug-likeness (QED) is 0.879. The summed E-state index contributed by atoms with van der Waals surface area (Å²) < 4.78 is 5.11. The summed E-state index contributed by atoms with van der Waals surface area (Å²) in [4.78, 5) is 25.9. The van der Waals surface area contributed by atoms with Crippen molar-refractivity contribution in [2.75, 3.05) is 7.11 Å². The van der Waals surface area contributed by atoms with Crippen LogP contribution in [0.25, 0.3) is 0 Å². The number of amides is 1. The van der Waals surface area contributed by atoms with E-state index in [1.807, 2.05) is 12.1 Å². The van der Waals surface area contributed by atoms with Gasteiger partial charge in [-0.15, -0.1) is 0 Å². The maximum Gasteiger partial charge on any atom is 0.332 e. The minimum absolute atomic E-state index is 0.116. The van der Waals surface area contributed by atoms with E-state index in [0.29, 0.717) is 25.0 Å². The number of fused-ring (bicyclic) bond motifs is 1. The Bertz CT molecular complexity index is 628. The molecule has 2 atom stereocenters. The minimum Gasteiger partial charge on any atom is -0.497 e. The largest absolute Gasteiger partial charge is 0.497 e. The molecule has 0 aromatic heterocycles. The highest BCUT2D eigenvalue weighted by Gasteiger charge is 2.67. The second-order valence-corrected chi connectivity index (χ2v) is 6.41.